The lowest BCUT2D eigenvalue weighted by Gasteiger charge is -2.60. The summed E-state index contributed by atoms with van der Waals surface area (Å²) in [5, 5.41) is 8.18. The standard InChI is InChI=1S/C28H33N3OS/c1-16-5-7-18(8-6-16)15-31-25-22(12-20-11-17(2)33-26(20)25)24(30-31)27(32)29-14-19-9-10-21-13-23(19)28(21,3)4/h5-8,11,19,21,23H,9-10,12-15H2,1-4H3,(H,29,32)/t19?,21-,23-/m0/s1. The van der Waals surface area contributed by atoms with Gasteiger partial charge < -0.3 is 5.32 Å². The van der Waals surface area contributed by atoms with Gasteiger partial charge in [-0.2, -0.15) is 5.10 Å². The van der Waals surface area contributed by atoms with Crippen LogP contribution >= 0.6 is 11.3 Å². The van der Waals surface area contributed by atoms with Crippen LogP contribution < -0.4 is 5.32 Å². The second-order valence-electron chi connectivity index (χ2n) is 11.1. The van der Waals surface area contributed by atoms with Crippen molar-refractivity contribution in [2.45, 2.75) is 59.9 Å². The van der Waals surface area contributed by atoms with E-state index in [1.165, 1.54) is 45.7 Å². The quantitative estimate of drug-likeness (QED) is 0.399. The molecular formula is C28H33N3OS. The molecule has 1 aromatic carbocycles. The number of rotatable bonds is 5. The van der Waals surface area contributed by atoms with E-state index >= 15 is 0 Å². The van der Waals surface area contributed by atoms with Gasteiger partial charge in [0, 0.05) is 23.4 Å². The third-order valence-corrected chi connectivity index (χ3v) is 9.86. The highest BCUT2D eigenvalue weighted by Gasteiger charge is 2.54. The number of fused-ring (bicyclic) bond motifs is 5. The minimum atomic E-state index is 0.0000317. The predicted molar refractivity (Wildman–Crippen MR) is 134 cm³/mol. The van der Waals surface area contributed by atoms with Crippen molar-refractivity contribution in [3.8, 4) is 10.6 Å². The Bertz CT molecular complexity index is 1230. The first kappa shape index (κ1) is 21.2. The maximum Gasteiger partial charge on any atom is 0.272 e. The molecule has 1 N–H and O–H groups in total. The molecule has 4 nitrogen and oxygen atoms in total. The van der Waals surface area contributed by atoms with E-state index in [-0.39, 0.29) is 5.91 Å². The number of benzene rings is 1. The second-order valence-corrected chi connectivity index (χ2v) is 12.4. The number of amides is 1. The van der Waals surface area contributed by atoms with Crippen LogP contribution in [0.5, 0.6) is 0 Å². The van der Waals surface area contributed by atoms with Crippen LogP contribution in [0.4, 0.5) is 0 Å². The Balaban J connectivity index is 1.27. The molecule has 3 aromatic rings. The Hall–Kier alpha value is -2.40. The molecule has 1 amide bonds. The summed E-state index contributed by atoms with van der Waals surface area (Å²) in [4.78, 5) is 16.0. The Morgan fingerprint density at radius 3 is 2.73 bits per heavy atom. The van der Waals surface area contributed by atoms with E-state index in [4.69, 9.17) is 5.10 Å². The highest BCUT2D eigenvalue weighted by atomic mass is 32.1. The average molecular weight is 460 g/mol. The number of hydrogen-bond donors (Lipinski definition) is 1. The zero-order chi connectivity index (χ0) is 22.9. The molecule has 0 radical (unpaired) electrons. The molecule has 172 valence electrons. The lowest BCUT2D eigenvalue weighted by atomic mass is 9.45. The Morgan fingerprint density at radius 1 is 1.21 bits per heavy atom. The Labute approximate surface area is 200 Å². The van der Waals surface area contributed by atoms with Crippen LogP contribution in [-0.4, -0.2) is 22.2 Å². The fraction of sp³-hybridized carbons (Fsp3) is 0.500. The monoisotopic (exact) mass is 459 g/mol. The molecule has 3 atom stereocenters. The predicted octanol–water partition coefficient (Wildman–Crippen LogP) is 5.98. The molecule has 2 heterocycles. The van der Waals surface area contributed by atoms with Crippen LogP contribution in [0.15, 0.2) is 30.3 Å². The summed E-state index contributed by atoms with van der Waals surface area (Å²) in [5.41, 5.74) is 7.12. The number of thiophene rings is 1. The largest absolute Gasteiger partial charge is 0.350 e. The van der Waals surface area contributed by atoms with Crippen molar-refractivity contribution in [3.63, 3.8) is 0 Å². The molecule has 0 saturated heterocycles. The van der Waals surface area contributed by atoms with Crippen LogP contribution in [-0.2, 0) is 13.0 Å². The SMILES string of the molecule is Cc1ccc(Cn2nc(C(=O)NCC3CC[C@H]4C[C@@H]3C4(C)C)c3c2-c2sc(C)cc2C3)cc1. The summed E-state index contributed by atoms with van der Waals surface area (Å²) in [7, 11) is 0. The lowest BCUT2D eigenvalue weighted by Crippen LogP contribution is -2.54. The van der Waals surface area contributed by atoms with E-state index in [1.807, 2.05) is 11.3 Å². The zero-order valence-electron chi connectivity index (χ0n) is 20.1. The highest BCUT2D eigenvalue weighted by Crippen LogP contribution is 2.61. The molecule has 33 heavy (non-hydrogen) atoms. The van der Waals surface area contributed by atoms with Crippen molar-refractivity contribution < 1.29 is 4.79 Å². The van der Waals surface area contributed by atoms with E-state index in [0.717, 1.165) is 36.1 Å². The van der Waals surface area contributed by atoms with Gasteiger partial charge in [-0.05, 0) is 73.5 Å². The van der Waals surface area contributed by atoms with Crippen molar-refractivity contribution in [2.24, 2.45) is 23.2 Å². The number of nitrogens with one attached hydrogen (secondary N) is 1. The Morgan fingerprint density at radius 2 is 2.00 bits per heavy atom. The summed E-state index contributed by atoms with van der Waals surface area (Å²) in [6.45, 7) is 10.6. The van der Waals surface area contributed by atoms with Crippen molar-refractivity contribution in [3.05, 3.63) is 63.2 Å². The normalized spacial score (nSPS) is 24.2. The lowest BCUT2D eigenvalue weighted by molar-refractivity contribution is -0.103. The Kier molecular flexibility index (Phi) is 4.84. The fourth-order valence-electron chi connectivity index (χ4n) is 6.69. The number of nitrogens with zero attached hydrogens (tertiary/aromatic N) is 2. The van der Waals surface area contributed by atoms with Crippen LogP contribution in [0.1, 0.15) is 70.7 Å². The summed E-state index contributed by atoms with van der Waals surface area (Å²) < 4.78 is 2.07. The molecular weight excluding hydrogens is 426 g/mol. The van der Waals surface area contributed by atoms with Crippen LogP contribution in [0.3, 0.4) is 0 Å². The molecule has 4 aliphatic rings. The molecule has 3 fully saturated rings. The third-order valence-electron chi connectivity index (χ3n) is 8.76. The number of carbonyl (C=O) groups excluding carboxylic acids is 1. The first-order valence-electron chi connectivity index (χ1n) is 12.3. The summed E-state index contributed by atoms with van der Waals surface area (Å²) >= 11 is 1.82. The molecule has 4 aliphatic carbocycles. The highest BCUT2D eigenvalue weighted by molar-refractivity contribution is 7.15. The molecule has 0 aliphatic heterocycles. The van der Waals surface area contributed by atoms with Crippen molar-refractivity contribution in [1.82, 2.24) is 15.1 Å². The van der Waals surface area contributed by atoms with Crippen molar-refractivity contribution in [2.75, 3.05) is 6.54 Å². The number of aryl methyl sites for hydroxylation is 2. The van der Waals surface area contributed by atoms with E-state index in [0.29, 0.717) is 23.6 Å². The molecule has 2 bridgehead atoms. The maximum absolute atomic E-state index is 13.4. The molecule has 2 aromatic heterocycles. The number of aromatic nitrogens is 2. The molecule has 3 saturated carbocycles. The smallest absolute Gasteiger partial charge is 0.272 e. The van der Waals surface area contributed by atoms with E-state index in [1.54, 1.807) is 0 Å². The van der Waals surface area contributed by atoms with Crippen LogP contribution in [0, 0.1) is 37.0 Å². The summed E-state index contributed by atoms with van der Waals surface area (Å²) in [6.07, 6.45) is 4.71. The number of hydrogen-bond acceptors (Lipinski definition) is 3. The van der Waals surface area contributed by atoms with Crippen molar-refractivity contribution >= 4 is 17.2 Å². The summed E-state index contributed by atoms with van der Waals surface area (Å²) in [6, 6.07) is 10.9. The van der Waals surface area contributed by atoms with Crippen LogP contribution in [0.2, 0.25) is 0 Å². The first-order valence-corrected chi connectivity index (χ1v) is 13.2. The summed E-state index contributed by atoms with van der Waals surface area (Å²) in [5.74, 6) is 2.23. The van der Waals surface area contributed by atoms with E-state index < -0.39 is 0 Å². The second kappa shape index (κ2) is 7.56. The molecule has 0 spiro atoms. The number of carbonyl (C=O) groups is 1. The van der Waals surface area contributed by atoms with Crippen LogP contribution in [0.25, 0.3) is 10.6 Å². The van der Waals surface area contributed by atoms with Gasteiger partial charge in [-0.3, -0.25) is 9.48 Å². The zero-order valence-corrected chi connectivity index (χ0v) is 20.9. The molecule has 1 unspecified atom stereocenters. The average Bonchev–Trinajstić information content (AvgIpc) is 3.43. The van der Waals surface area contributed by atoms with Gasteiger partial charge in [0.05, 0.1) is 17.1 Å². The fourth-order valence-corrected chi connectivity index (χ4v) is 7.80. The first-order chi connectivity index (χ1) is 15.8. The minimum Gasteiger partial charge on any atom is -0.350 e. The molecule has 5 heteroatoms. The topological polar surface area (TPSA) is 46.9 Å². The van der Waals surface area contributed by atoms with E-state index in [2.05, 4.69) is 68.0 Å². The van der Waals surface area contributed by atoms with Gasteiger partial charge in [-0.1, -0.05) is 43.7 Å². The van der Waals surface area contributed by atoms with Gasteiger partial charge in [0.25, 0.3) is 5.91 Å². The third kappa shape index (κ3) is 3.39. The molecule has 7 rings (SSSR count). The van der Waals surface area contributed by atoms with Gasteiger partial charge in [-0.15, -0.1) is 11.3 Å². The van der Waals surface area contributed by atoms with Gasteiger partial charge in [-0.25, -0.2) is 0 Å². The van der Waals surface area contributed by atoms with Gasteiger partial charge >= 0.3 is 0 Å². The van der Waals surface area contributed by atoms with Gasteiger partial charge in [0.1, 0.15) is 0 Å². The van der Waals surface area contributed by atoms with Crippen molar-refractivity contribution in [1.29, 1.82) is 0 Å². The van der Waals surface area contributed by atoms with Gasteiger partial charge in [0.2, 0.25) is 0 Å². The minimum absolute atomic E-state index is 0.0000317. The van der Waals surface area contributed by atoms with E-state index in [9.17, 15) is 4.79 Å². The maximum atomic E-state index is 13.4. The van der Waals surface area contributed by atoms with Gasteiger partial charge in [0.15, 0.2) is 5.69 Å².